The standard InChI is InChI=1S/C24H16N2O6Se2/c27-21(28)11-25-15-5-1-3-7-17(15)33-19(25)9-13-23(31)14(24(13)32)10-20-26(12-22(29)30)16-6-2-4-8-18(16)34-20/h1-10H,11-12H2,(H2-,27,28,29,30,31,32). The molecule has 0 atom stereocenters. The number of carbonyl (C=O) groups excluding carboxylic acids is 1. The fourth-order valence-corrected chi connectivity index (χ4v) is 8.50. The van der Waals surface area contributed by atoms with E-state index in [4.69, 9.17) is 0 Å². The molecule has 8 nitrogen and oxygen atoms in total. The molecule has 1 aliphatic heterocycles. The second kappa shape index (κ2) is 8.74. The molecule has 0 spiro atoms. The van der Waals surface area contributed by atoms with Gasteiger partial charge in [0, 0.05) is 0 Å². The van der Waals surface area contributed by atoms with Gasteiger partial charge in [0.05, 0.1) is 0 Å². The molecule has 3 aromatic rings. The molecule has 1 aromatic heterocycles. The summed E-state index contributed by atoms with van der Waals surface area (Å²) in [6.07, 6.45) is 3.03. The number of para-hydroxylation sites is 2. The van der Waals surface area contributed by atoms with E-state index in [1.807, 2.05) is 48.5 Å². The molecule has 2 N–H and O–H groups in total. The van der Waals surface area contributed by atoms with Gasteiger partial charge in [0.25, 0.3) is 0 Å². The number of allylic oxidation sites excluding steroid dienone is 3. The van der Waals surface area contributed by atoms with E-state index >= 15 is 0 Å². The number of aromatic nitrogens is 1. The molecule has 0 bridgehead atoms. The minimum absolute atomic E-state index is 0.0275. The van der Waals surface area contributed by atoms with Crippen molar-refractivity contribution in [3.05, 3.63) is 80.7 Å². The molecule has 0 saturated heterocycles. The first kappa shape index (κ1) is 22.4. The summed E-state index contributed by atoms with van der Waals surface area (Å²) in [5.41, 5.74) is 1.61. The molecule has 170 valence electrons. The zero-order valence-electron chi connectivity index (χ0n) is 17.4. The number of hydrogen-bond donors (Lipinski definition) is 2. The van der Waals surface area contributed by atoms with Crippen molar-refractivity contribution < 1.29 is 34.3 Å². The van der Waals surface area contributed by atoms with Crippen LogP contribution in [0.1, 0.15) is 4.57 Å². The summed E-state index contributed by atoms with van der Waals surface area (Å²) < 4.78 is 4.90. The zero-order valence-corrected chi connectivity index (χ0v) is 20.9. The molecule has 10 heteroatoms. The van der Waals surface area contributed by atoms with Crippen molar-refractivity contribution in [2.24, 2.45) is 0 Å². The number of Topliss-reactive ketones (excluding diaryl/α,β-unsaturated/α-hetero) is 1. The van der Waals surface area contributed by atoms with Gasteiger partial charge < -0.3 is 0 Å². The van der Waals surface area contributed by atoms with Gasteiger partial charge in [-0.05, 0) is 0 Å². The quantitative estimate of drug-likeness (QED) is 0.230. The molecule has 2 heterocycles. The predicted octanol–water partition coefficient (Wildman–Crippen LogP) is -0.375. The second-order valence-corrected chi connectivity index (χ2v) is 12.0. The Kier molecular flexibility index (Phi) is 5.75. The average molecular weight is 586 g/mol. The zero-order chi connectivity index (χ0) is 24.0. The maximum absolute atomic E-state index is 12.9. The first-order chi connectivity index (χ1) is 16.3. The van der Waals surface area contributed by atoms with E-state index < -0.39 is 23.5 Å². The van der Waals surface area contributed by atoms with Crippen LogP contribution in [-0.4, -0.2) is 63.9 Å². The Morgan fingerprint density at radius 3 is 2.50 bits per heavy atom. The summed E-state index contributed by atoms with van der Waals surface area (Å²) in [6, 6.07) is 14.9. The summed E-state index contributed by atoms with van der Waals surface area (Å²) in [6.45, 7) is -0.516. The summed E-state index contributed by atoms with van der Waals surface area (Å²) in [7, 11) is 0. The van der Waals surface area contributed by atoms with Gasteiger partial charge in [-0.1, -0.05) is 0 Å². The van der Waals surface area contributed by atoms with Gasteiger partial charge in [-0.25, -0.2) is 0 Å². The van der Waals surface area contributed by atoms with Crippen LogP contribution in [0.3, 0.4) is 0 Å². The van der Waals surface area contributed by atoms with E-state index in [1.165, 1.54) is 12.2 Å². The third kappa shape index (κ3) is 3.91. The van der Waals surface area contributed by atoms with Gasteiger partial charge in [-0.2, -0.15) is 0 Å². The van der Waals surface area contributed by atoms with E-state index in [0.717, 1.165) is 19.9 Å². The van der Waals surface area contributed by atoms with E-state index in [1.54, 1.807) is 9.47 Å². The van der Waals surface area contributed by atoms with Crippen LogP contribution >= 0.6 is 0 Å². The SMILES string of the molecule is O=C(O)CN1/C(=C/C2=C([O-])C(=C\c3[se]c4ccccc4[n+]3CC(=O)O)/C2=O)[Se]c2ccccc21. The first-order valence-corrected chi connectivity index (χ1v) is 13.5. The Hall–Kier alpha value is -3.42. The van der Waals surface area contributed by atoms with Crippen molar-refractivity contribution in [1.29, 1.82) is 0 Å². The number of carboxylic acids is 2. The Labute approximate surface area is 205 Å². The predicted molar refractivity (Wildman–Crippen MR) is 124 cm³/mol. The summed E-state index contributed by atoms with van der Waals surface area (Å²) >= 11 is -0.468. The molecule has 0 saturated carbocycles. The third-order valence-corrected chi connectivity index (χ3v) is 10.0. The normalized spacial score (nSPS) is 17.5. The number of hydrogen-bond acceptors (Lipinski definition) is 5. The summed E-state index contributed by atoms with van der Waals surface area (Å²) in [5, 5.41) is 31.6. The molecule has 2 aliphatic rings. The summed E-state index contributed by atoms with van der Waals surface area (Å²) in [5.74, 6) is -2.83. The maximum atomic E-state index is 12.9. The Morgan fingerprint density at radius 1 is 1.03 bits per heavy atom. The first-order valence-electron chi connectivity index (χ1n) is 10.1. The number of nitrogens with zero attached hydrogens (tertiary/aromatic N) is 2. The van der Waals surface area contributed by atoms with Crippen LogP contribution in [0.5, 0.6) is 0 Å². The van der Waals surface area contributed by atoms with Gasteiger partial charge in [0.15, 0.2) is 0 Å². The molecule has 34 heavy (non-hydrogen) atoms. The number of aliphatic carboxylic acids is 2. The second-order valence-electron chi connectivity index (χ2n) is 7.55. The van der Waals surface area contributed by atoms with E-state index in [-0.39, 0.29) is 53.7 Å². The van der Waals surface area contributed by atoms with Crippen molar-refractivity contribution in [2.45, 2.75) is 6.54 Å². The molecular formula is C24H16N2O6Se2. The van der Waals surface area contributed by atoms with Crippen LogP contribution in [0.25, 0.3) is 15.9 Å². The average Bonchev–Trinajstić information content (AvgIpc) is 3.33. The molecule has 0 amide bonds. The fourth-order valence-electron chi connectivity index (χ4n) is 3.86. The number of benzene rings is 2. The van der Waals surface area contributed by atoms with Gasteiger partial charge in [-0.3, -0.25) is 0 Å². The number of carbonyl (C=O) groups is 3. The van der Waals surface area contributed by atoms with Gasteiger partial charge in [-0.15, -0.1) is 0 Å². The van der Waals surface area contributed by atoms with Crippen molar-refractivity contribution in [3.63, 3.8) is 0 Å². The Bertz CT molecular complexity index is 1480. The number of rotatable bonds is 6. The topological polar surface area (TPSA) is 122 Å². The van der Waals surface area contributed by atoms with Gasteiger partial charge in [0.2, 0.25) is 0 Å². The van der Waals surface area contributed by atoms with Crippen LogP contribution < -0.4 is 19.0 Å². The third-order valence-electron chi connectivity index (χ3n) is 5.37. The number of anilines is 1. The van der Waals surface area contributed by atoms with Crippen LogP contribution in [-0.2, 0) is 20.9 Å². The minimum atomic E-state index is -1.01. The van der Waals surface area contributed by atoms with E-state index in [0.29, 0.717) is 9.16 Å². The van der Waals surface area contributed by atoms with Crippen molar-refractivity contribution in [2.75, 3.05) is 11.4 Å². The molecule has 0 radical (unpaired) electrons. The molecule has 0 unspecified atom stereocenters. The van der Waals surface area contributed by atoms with Gasteiger partial charge >= 0.3 is 206 Å². The van der Waals surface area contributed by atoms with Crippen LogP contribution in [0.15, 0.2) is 76.1 Å². The Morgan fingerprint density at radius 2 is 1.76 bits per heavy atom. The molecule has 5 rings (SSSR count). The van der Waals surface area contributed by atoms with Crippen molar-refractivity contribution >= 4 is 73.2 Å². The summed E-state index contributed by atoms with van der Waals surface area (Å²) in [4.78, 5) is 37.3. The monoisotopic (exact) mass is 588 g/mol. The fraction of sp³-hybridized carbons (Fsp3) is 0.0833. The van der Waals surface area contributed by atoms with E-state index in [9.17, 15) is 29.7 Å². The number of carboxylic acid groups (broad SMARTS) is 2. The number of fused-ring (bicyclic) bond motifs is 2. The Balaban J connectivity index is 1.52. The molecule has 2 aromatic carbocycles. The van der Waals surface area contributed by atoms with Gasteiger partial charge in [0.1, 0.15) is 0 Å². The van der Waals surface area contributed by atoms with Crippen molar-refractivity contribution in [1.82, 2.24) is 0 Å². The van der Waals surface area contributed by atoms with E-state index in [2.05, 4.69) is 0 Å². The number of ketones is 1. The van der Waals surface area contributed by atoms with Crippen LogP contribution in [0, 0.1) is 0 Å². The van der Waals surface area contributed by atoms with Crippen LogP contribution in [0.4, 0.5) is 5.69 Å². The molecular weight excluding hydrogens is 570 g/mol. The molecule has 0 fully saturated rings. The van der Waals surface area contributed by atoms with Crippen LogP contribution in [0.2, 0.25) is 0 Å². The van der Waals surface area contributed by atoms with Crippen molar-refractivity contribution in [3.8, 4) is 0 Å². The molecule has 1 aliphatic carbocycles.